The number of ether oxygens (including phenoxy) is 1. The molecule has 0 fully saturated rings. The summed E-state index contributed by atoms with van der Waals surface area (Å²) in [7, 11) is 1.19. The van der Waals surface area contributed by atoms with Crippen molar-refractivity contribution in [3.05, 3.63) is 65.2 Å². The molecule has 2 aromatic rings. The molecular formula is C16H15ClN4O3. The van der Waals surface area contributed by atoms with Gasteiger partial charge in [0.25, 0.3) is 5.91 Å². The van der Waals surface area contributed by atoms with Gasteiger partial charge in [-0.15, -0.1) is 0 Å². The molecule has 7 nitrogen and oxygen atoms in total. The van der Waals surface area contributed by atoms with Crippen LogP contribution in [-0.2, 0) is 9.53 Å². The Morgan fingerprint density at radius 1 is 1.00 bits per heavy atom. The zero-order valence-corrected chi connectivity index (χ0v) is 13.5. The molecule has 124 valence electrons. The van der Waals surface area contributed by atoms with Gasteiger partial charge < -0.3 is 4.74 Å². The van der Waals surface area contributed by atoms with Gasteiger partial charge in [0, 0.05) is 10.6 Å². The first-order valence-electron chi connectivity index (χ1n) is 6.89. The highest BCUT2D eigenvalue weighted by Gasteiger charge is 2.15. The topological polar surface area (TPSA) is 91.8 Å². The predicted octanol–water partition coefficient (Wildman–Crippen LogP) is 2.54. The van der Waals surface area contributed by atoms with E-state index in [0.29, 0.717) is 16.3 Å². The summed E-state index contributed by atoms with van der Waals surface area (Å²) in [5, 5.41) is 4.65. The maximum atomic E-state index is 12.3. The van der Waals surface area contributed by atoms with E-state index in [9.17, 15) is 9.59 Å². The maximum Gasteiger partial charge on any atom is 0.425 e. The Kier molecular flexibility index (Phi) is 6.16. The number of carbonyl (C=O) groups is 2. The van der Waals surface area contributed by atoms with E-state index in [-0.39, 0.29) is 5.71 Å². The van der Waals surface area contributed by atoms with Crippen molar-refractivity contribution in [2.45, 2.75) is 0 Å². The molecule has 8 heteroatoms. The van der Waals surface area contributed by atoms with Crippen LogP contribution in [0.2, 0.25) is 5.02 Å². The third kappa shape index (κ3) is 4.99. The number of benzene rings is 2. The second kappa shape index (κ2) is 8.54. The van der Waals surface area contributed by atoms with E-state index in [4.69, 9.17) is 11.6 Å². The molecule has 0 radical (unpaired) electrons. The van der Waals surface area contributed by atoms with Crippen LogP contribution in [-0.4, -0.2) is 24.8 Å². The van der Waals surface area contributed by atoms with Crippen molar-refractivity contribution in [1.29, 1.82) is 0 Å². The van der Waals surface area contributed by atoms with Crippen LogP contribution >= 0.6 is 11.6 Å². The second-order valence-corrected chi connectivity index (χ2v) is 4.95. The van der Waals surface area contributed by atoms with E-state index < -0.39 is 12.0 Å². The number of hydrazine groups is 1. The third-order valence-electron chi connectivity index (χ3n) is 2.87. The number of hydrogen-bond acceptors (Lipinski definition) is 5. The molecule has 2 aromatic carbocycles. The lowest BCUT2D eigenvalue weighted by Crippen LogP contribution is -2.45. The van der Waals surface area contributed by atoms with Crippen LogP contribution in [0.15, 0.2) is 59.7 Å². The number of para-hydroxylation sites is 1. The number of amides is 2. The molecule has 0 saturated heterocycles. The van der Waals surface area contributed by atoms with Crippen LogP contribution < -0.4 is 16.3 Å². The van der Waals surface area contributed by atoms with Crippen molar-refractivity contribution in [2.24, 2.45) is 5.10 Å². The van der Waals surface area contributed by atoms with Crippen molar-refractivity contribution >= 4 is 35.0 Å². The number of anilines is 1. The fraction of sp³-hybridized carbons (Fsp3) is 0.0625. The van der Waals surface area contributed by atoms with Crippen LogP contribution in [0, 0.1) is 0 Å². The minimum Gasteiger partial charge on any atom is -0.452 e. The van der Waals surface area contributed by atoms with Gasteiger partial charge in [-0.1, -0.05) is 41.9 Å². The Balaban J connectivity index is 2.22. The molecule has 24 heavy (non-hydrogen) atoms. The lowest BCUT2D eigenvalue weighted by atomic mass is 10.1. The van der Waals surface area contributed by atoms with Gasteiger partial charge in [-0.25, -0.2) is 10.2 Å². The lowest BCUT2D eigenvalue weighted by molar-refractivity contribution is -0.115. The number of nitrogens with zero attached hydrogens (tertiary/aromatic N) is 1. The highest BCUT2D eigenvalue weighted by atomic mass is 35.5. The van der Waals surface area contributed by atoms with E-state index in [1.54, 1.807) is 36.4 Å². The van der Waals surface area contributed by atoms with E-state index in [1.165, 1.54) is 7.11 Å². The van der Waals surface area contributed by atoms with Crippen molar-refractivity contribution in [3.8, 4) is 0 Å². The van der Waals surface area contributed by atoms with Crippen molar-refractivity contribution in [1.82, 2.24) is 10.9 Å². The second-order valence-electron chi connectivity index (χ2n) is 4.52. The number of carbonyl (C=O) groups excluding carboxylic acids is 2. The Hall–Kier alpha value is -3.06. The third-order valence-corrected chi connectivity index (χ3v) is 3.12. The van der Waals surface area contributed by atoms with Gasteiger partial charge >= 0.3 is 6.09 Å². The number of nitrogens with one attached hydrogen (secondary N) is 3. The van der Waals surface area contributed by atoms with E-state index >= 15 is 0 Å². The first-order chi connectivity index (χ1) is 11.6. The minimum atomic E-state index is -0.796. The quantitative estimate of drug-likeness (QED) is 0.586. The zero-order valence-electron chi connectivity index (χ0n) is 12.7. The van der Waals surface area contributed by atoms with Gasteiger partial charge in [0.05, 0.1) is 12.8 Å². The summed E-state index contributed by atoms with van der Waals surface area (Å²) >= 11 is 5.86. The van der Waals surface area contributed by atoms with Gasteiger partial charge in [0.1, 0.15) is 0 Å². The van der Waals surface area contributed by atoms with Gasteiger partial charge in [-0.2, -0.15) is 5.10 Å². The summed E-state index contributed by atoms with van der Waals surface area (Å²) in [6.45, 7) is 0. The molecular weight excluding hydrogens is 332 g/mol. The SMILES string of the molecule is COC(=O)NNC(=O)/C(=N/Nc1ccccc1)c1ccc(Cl)cc1. The molecule has 3 N–H and O–H groups in total. The van der Waals surface area contributed by atoms with E-state index in [2.05, 4.69) is 26.1 Å². The molecule has 0 aromatic heterocycles. The molecule has 0 bridgehead atoms. The Labute approximate surface area is 143 Å². The van der Waals surface area contributed by atoms with Crippen LogP contribution in [0.25, 0.3) is 0 Å². The summed E-state index contributed by atoms with van der Waals surface area (Å²) in [6.07, 6.45) is -0.796. The number of rotatable bonds is 4. The molecule has 0 aliphatic rings. The Bertz CT molecular complexity index is 733. The van der Waals surface area contributed by atoms with Crippen molar-refractivity contribution < 1.29 is 14.3 Å². The van der Waals surface area contributed by atoms with Gasteiger partial charge in [-0.3, -0.25) is 15.6 Å². The number of hydrogen-bond donors (Lipinski definition) is 3. The molecule has 0 heterocycles. The lowest BCUT2D eigenvalue weighted by Gasteiger charge is -2.10. The molecule has 0 saturated carbocycles. The first-order valence-corrected chi connectivity index (χ1v) is 7.27. The summed E-state index contributed by atoms with van der Waals surface area (Å²) < 4.78 is 4.39. The average molecular weight is 347 g/mol. The largest absolute Gasteiger partial charge is 0.452 e. The number of halogens is 1. The molecule has 0 atom stereocenters. The first kappa shape index (κ1) is 17.3. The number of methoxy groups -OCH3 is 1. The van der Waals surface area contributed by atoms with Gasteiger partial charge in [-0.05, 0) is 24.3 Å². The Morgan fingerprint density at radius 2 is 1.67 bits per heavy atom. The van der Waals surface area contributed by atoms with Crippen LogP contribution in [0.1, 0.15) is 5.56 Å². The predicted molar refractivity (Wildman–Crippen MR) is 91.7 cm³/mol. The van der Waals surface area contributed by atoms with Crippen LogP contribution in [0.3, 0.4) is 0 Å². The summed E-state index contributed by atoms with van der Waals surface area (Å²) in [5.74, 6) is -0.619. The molecule has 0 unspecified atom stereocenters. The van der Waals surface area contributed by atoms with Crippen LogP contribution in [0.4, 0.5) is 10.5 Å². The standard InChI is InChI=1S/C16H15ClN4O3/c1-24-16(23)21-20-15(22)14(11-7-9-12(17)10-8-11)19-18-13-5-3-2-4-6-13/h2-10,18H,1H3,(H,20,22)(H,21,23)/b19-14+. The van der Waals surface area contributed by atoms with Crippen molar-refractivity contribution in [2.75, 3.05) is 12.5 Å². The van der Waals surface area contributed by atoms with Crippen LogP contribution in [0.5, 0.6) is 0 Å². The molecule has 2 amide bonds. The average Bonchev–Trinajstić information content (AvgIpc) is 2.62. The maximum absolute atomic E-state index is 12.3. The molecule has 0 aliphatic heterocycles. The monoisotopic (exact) mass is 346 g/mol. The molecule has 0 spiro atoms. The molecule has 2 rings (SSSR count). The fourth-order valence-electron chi connectivity index (χ4n) is 1.71. The highest BCUT2D eigenvalue weighted by Crippen LogP contribution is 2.11. The molecule has 0 aliphatic carbocycles. The number of hydrazone groups is 1. The van der Waals surface area contributed by atoms with E-state index in [0.717, 1.165) is 0 Å². The summed E-state index contributed by atoms with van der Waals surface area (Å²) in [5.41, 5.74) is 8.39. The van der Waals surface area contributed by atoms with Gasteiger partial charge in [0.15, 0.2) is 5.71 Å². The summed E-state index contributed by atoms with van der Waals surface area (Å²) in [4.78, 5) is 23.4. The normalized spacial score (nSPS) is 10.7. The van der Waals surface area contributed by atoms with Crippen molar-refractivity contribution in [3.63, 3.8) is 0 Å². The van der Waals surface area contributed by atoms with Gasteiger partial charge in [0.2, 0.25) is 0 Å². The Morgan fingerprint density at radius 3 is 2.29 bits per heavy atom. The summed E-state index contributed by atoms with van der Waals surface area (Å²) in [6, 6.07) is 15.7. The minimum absolute atomic E-state index is 0.0620. The fourth-order valence-corrected chi connectivity index (χ4v) is 1.83. The highest BCUT2D eigenvalue weighted by molar-refractivity contribution is 6.45. The van der Waals surface area contributed by atoms with E-state index in [1.807, 2.05) is 18.2 Å². The zero-order chi connectivity index (χ0) is 17.4. The smallest absolute Gasteiger partial charge is 0.425 e.